The summed E-state index contributed by atoms with van der Waals surface area (Å²) < 4.78 is 14.8. The quantitative estimate of drug-likeness (QED) is 0.837. The average Bonchev–Trinajstić information content (AvgIpc) is 2.43. The fourth-order valence-electron chi connectivity index (χ4n) is 2.43. The minimum absolute atomic E-state index is 0.0890. The van der Waals surface area contributed by atoms with Gasteiger partial charge in [0.1, 0.15) is 5.82 Å². The Labute approximate surface area is 128 Å². The zero-order chi connectivity index (χ0) is 14.7. The molecule has 2 aromatic rings. The van der Waals surface area contributed by atoms with Crippen molar-refractivity contribution in [2.24, 2.45) is 0 Å². The van der Waals surface area contributed by atoms with Crippen LogP contribution in [0.3, 0.4) is 0 Å². The standard InChI is InChI=1S/C17H19BrFN/c1-4-20-17(13-5-7-15(18)8-6-13)14-9-11(2)16(19)12(3)10-14/h5-10,17,20H,4H2,1-3H3. The van der Waals surface area contributed by atoms with Crippen LogP contribution in [-0.2, 0) is 0 Å². The fraction of sp³-hybridized carbons (Fsp3) is 0.294. The lowest BCUT2D eigenvalue weighted by molar-refractivity contribution is 0.598. The third-order valence-corrected chi connectivity index (χ3v) is 3.93. The van der Waals surface area contributed by atoms with Crippen molar-refractivity contribution in [3.63, 3.8) is 0 Å². The van der Waals surface area contributed by atoms with Crippen LogP contribution in [0.25, 0.3) is 0 Å². The second kappa shape index (κ2) is 6.51. The Bertz CT molecular complexity index is 569. The van der Waals surface area contributed by atoms with E-state index in [1.807, 2.05) is 38.1 Å². The van der Waals surface area contributed by atoms with Gasteiger partial charge in [-0.25, -0.2) is 4.39 Å². The van der Waals surface area contributed by atoms with Crippen LogP contribution in [-0.4, -0.2) is 6.54 Å². The van der Waals surface area contributed by atoms with Crippen LogP contribution >= 0.6 is 15.9 Å². The van der Waals surface area contributed by atoms with Crippen molar-refractivity contribution in [2.75, 3.05) is 6.54 Å². The number of aryl methyl sites for hydroxylation is 2. The molecule has 20 heavy (non-hydrogen) atoms. The van der Waals surface area contributed by atoms with Gasteiger partial charge in [-0.1, -0.05) is 47.1 Å². The van der Waals surface area contributed by atoms with Crippen molar-refractivity contribution in [3.05, 3.63) is 68.9 Å². The van der Waals surface area contributed by atoms with Gasteiger partial charge in [0.15, 0.2) is 0 Å². The highest BCUT2D eigenvalue weighted by atomic mass is 79.9. The smallest absolute Gasteiger partial charge is 0.129 e. The lowest BCUT2D eigenvalue weighted by atomic mass is 9.95. The predicted octanol–water partition coefficient (Wildman–Crippen LogP) is 4.90. The van der Waals surface area contributed by atoms with Crippen molar-refractivity contribution < 1.29 is 4.39 Å². The molecule has 2 rings (SSSR count). The largest absolute Gasteiger partial charge is 0.307 e. The maximum Gasteiger partial charge on any atom is 0.129 e. The molecule has 0 aliphatic heterocycles. The van der Waals surface area contributed by atoms with Crippen LogP contribution in [0, 0.1) is 19.7 Å². The summed E-state index contributed by atoms with van der Waals surface area (Å²) in [6, 6.07) is 12.2. The van der Waals surface area contributed by atoms with Crippen LogP contribution in [0.4, 0.5) is 4.39 Å². The van der Waals surface area contributed by atoms with Gasteiger partial charge in [-0.2, -0.15) is 0 Å². The summed E-state index contributed by atoms with van der Waals surface area (Å²) in [4.78, 5) is 0. The van der Waals surface area contributed by atoms with Crippen LogP contribution in [0.5, 0.6) is 0 Å². The highest BCUT2D eigenvalue weighted by Gasteiger charge is 2.15. The highest BCUT2D eigenvalue weighted by Crippen LogP contribution is 2.26. The van der Waals surface area contributed by atoms with Crippen molar-refractivity contribution in [2.45, 2.75) is 26.8 Å². The number of nitrogens with one attached hydrogen (secondary N) is 1. The van der Waals surface area contributed by atoms with Gasteiger partial charge >= 0.3 is 0 Å². The molecule has 0 saturated heterocycles. The van der Waals surface area contributed by atoms with Crippen LogP contribution < -0.4 is 5.32 Å². The Morgan fingerprint density at radius 3 is 2.10 bits per heavy atom. The summed E-state index contributed by atoms with van der Waals surface area (Å²) in [6.45, 7) is 6.57. The third-order valence-electron chi connectivity index (χ3n) is 3.40. The van der Waals surface area contributed by atoms with Gasteiger partial charge in [0.05, 0.1) is 6.04 Å². The highest BCUT2D eigenvalue weighted by molar-refractivity contribution is 9.10. The Kier molecular flexibility index (Phi) is 4.95. The minimum Gasteiger partial charge on any atom is -0.307 e. The van der Waals surface area contributed by atoms with E-state index in [1.54, 1.807) is 0 Å². The van der Waals surface area contributed by atoms with E-state index in [1.165, 1.54) is 5.56 Å². The van der Waals surface area contributed by atoms with Gasteiger partial charge in [0, 0.05) is 4.47 Å². The summed E-state index contributed by atoms with van der Waals surface area (Å²) >= 11 is 3.45. The molecule has 1 nitrogen and oxygen atoms in total. The van der Waals surface area contributed by atoms with E-state index in [9.17, 15) is 4.39 Å². The zero-order valence-electron chi connectivity index (χ0n) is 12.0. The Morgan fingerprint density at radius 1 is 1.05 bits per heavy atom. The predicted molar refractivity (Wildman–Crippen MR) is 85.5 cm³/mol. The van der Waals surface area contributed by atoms with Gasteiger partial charge in [0.2, 0.25) is 0 Å². The number of halogens is 2. The minimum atomic E-state index is -0.111. The molecule has 0 fully saturated rings. The van der Waals surface area contributed by atoms with E-state index >= 15 is 0 Å². The summed E-state index contributed by atoms with van der Waals surface area (Å²) in [5, 5.41) is 3.47. The summed E-state index contributed by atoms with van der Waals surface area (Å²) in [7, 11) is 0. The fourth-order valence-corrected chi connectivity index (χ4v) is 2.70. The van der Waals surface area contributed by atoms with E-state index in [0.717, 1.165) is 16.6 Å². The maximum atomic E-state index is 13.8. The van der Waals surface area contributed by atoms with Crippen LogP contribution in [0.15, 0.2) is 40.9 Å². The molecule has 0 saturated carbocycles. The molecule has 1 atom stereocenters. The summed E-state index contributed by atoms with van der Waals surface area (Å²) in [5.74, 6) is -0.111. The van der Waals surface area contributed by atoms with E-state index in [4.69, 9.17) is 0 Å². The van der Waals surface area contributed by atoms with Gasteiger partial charge in [-0.15, -0.1) is 0 Å². The Balaban J connectivity index is 2.45. The summed E-state index contributed by atoms with van der Waals surface area (Å²) in [5.41, 5.74) is 3.67. The first-order valence-corrected chi connectivity index (χ1v) is 7.57. The second-order valence-corrected chi connectivity index (χ2v) is 5.93. The van der Waals surface area contributed by atoms with Gasteiger partial charge in [0.25, 0.3) is 0 Å². The number of hydrogen-bond acceptors (Lipinski definition) is 1. The van der Waals surface area contributed by atoms with Gasteiger partial charge in [-0.3, -0.25) is 0 Å². The molecule has 0 aliphatic carbocycles. The lowest BCUT2D eigenvalue weighted by Gasteiger charge is -2.20. The zero-order valence-corrected chi connectivity index (χ0v) is 13.6. The molecule has 0 bridgehead atoms. The molecule has 106 valence electrons. The molecule has 1 unspecified atom stereocenters. The van der Waals surface area contributed by atoms with E-state index in [-0.39, 0.29) is 11.9 Å². The second-order valence-electron chi connectivity index (χ2n) is 5.01. The number of benzene rings is 2. The molecule has 2 aromatic carbocycles. The maximum absolute atomic E-state index is 13.8. The van der Waals surface area contributed by atoms with Crippen molar-refractivity contribution >= 4 is 15.9 Å². The number of rotatable bonds is 4. The molecule has 3 heteroatoms. The molecule has 0 spiro atoms. The Morgan fingerprint density at radius 2 is 1.60 bits per heavy atom. The van der Waals surface area contributed by atoms with E-state index < -0.39 is 0 Å². The van der Waals surface area contributed by atoms with Gasteiger partial charge in [-0.05, 0) is 54.8 Å². The average molecular weight is 336 g/mol. The first-order valence-electron chi connectivity index (χ1n) is 6.78. The van der Waals surface area contributed by atoms with Crippen molar-refractivity contribution in [1.82, 2.24) is 5.32 Å². The van der Waals surface area contributed by atoms with E-state index in [2.05, 4.69) is 40.3 Å². The normalized spacial score (nSPS) is 12.4. The molecule has 0 amide bonds. The molecule has 0 aromatic heterocycles. The van der Waals surface area contributed by atoms with Crippen molar-refractivity contribution in [3.8, 4) is 0 Å². The molecule has 0 heterocycles. The van der Waals surface area contributed by atoms with Gasteiger partial charge < -0.3 is 5.32 Å². The molecule has 0 aliphatic rings. The number of hydrogen-bond donors (Lipinski definition) is 1. The molecular weight excluding hydrogens is 317 g/mol. The molecule has 0 radical (unpaired) electrons. The van der Waals surface area contributed by atoms with Crippen molar-refractivity contribution in [1.29, 1.82) is 0 Å². The molecule has 1 N–H and O–H groups in total. The lowest BCUT2D eigenvalue weighted by Crippen LogP contribution is -2.22. The first-order chi connectivity index (χ1) is 9.52. The SMILES string of the molecule is CCNC(c1ccc(Br)cc1)c1cc(C)c(F)c(C)c1. The molecular formula is C17H19BrFN. The first kappa shape index (κ1) is 15.2. The summed E-state index contributed by atoms with van der Waals surface area (Å²) in [6.07, 6.45) is 0. The Hall–Kier alpha value is -1.19. The van der Waals surface area contributed by atoms with Crippen LogP contribution in [0.2, 0.25) is 0 Å². The monoisotopic (exact) mass is 335 g/mol. The van der Waals surface area contributed by atoms with Crippen LogP contribution in [0.1, 0.15) is 35.2 Å². The topological polar surface area (TPSA) is 12.0 Å². The van der Waals surface area contributed by atoms with E-state index in [0.29, 0.717) is 11.1 Å². The third kappa shape index (κ3) is 3.28.